The summed E-state index contributed by atoms with van der Waals surface area (Å²) in [6.07, 6.45) is 3.28. The molecule has 4 rings (SSSR count). The van der Waals surface area contributed by atoms with Crippen LogP contribution in [0.3, 0.4) is 0 Å². The largest absolute Gasteiger partial charge is 0.293 e. The minimum Gasteiger partial charge on any atom is -0.293 e. The first kappa shape index (κ1) is 15.7. The summed E-state index contributed by atoms with van der Waals surface area (Å²) in [5, 5.41) is 0.651. The maximum Gasteiger partial charge on any atom is 0.262 e. The van der Waals surface area contributed by atoms with Crippen molar-refractivity contribution in [2.75, 3.05) is 0 Å². The number of aryl methyl sites for hydroxylation is 3. The summed E-state index contributed by atoms with van der Waals surface area (Å²) in [6.45, 7) is 6.06. The van der Waals surface area contributed by atoms with Crippen molar-refractivity contribution in [3.63, 3.8) is 0 Å². The smallest absolute Gasteiger partial charge is 0.262 e. The summed E-state index contributed by atoms with van der Waals surface area (Å²) in [5.41, 5.74) is 2.80. The molecule has 0 aliphatic heterocycles. The number of hydrogen-bond donors (Lipinski definition) is 0. The first-order chi connectivity index (χ1) is 11.9. The van der Waals surface area contributed by atoms with Gasteiger partial charge in [-0.25, -0.2) is 9.97 Å². The second kappa shape index (κ2) is 5.63. The lowest BCUT2D eigenvalue weighted by Gasteiger charge is -2.07. The lowest BCUT2D eigenvalue weighted by molar-refractivity contribution is 0.727. The minimum atomic E-state index is -0.159. The van der Waals surface area contributed by atoms with Gasteiger partial charge in [-0.2, -0.15) is 0 Å². The highest BCUT2D eigenvalue weighted by Crippen LogP contribution is 2.25. The van der Waals surface area contributed by atoms with Crippen molar-refractivity contribution in [1.82, 2.24) is 18.9 Å². The Hall–Kier alpha value is -2.80. The number of fused-ring (bicyclic) bond motifs is 2. The van der Waals surface area contributed by atoms with Crippen molar-refractivity contribution in [3.05, 3.63) is 73.1 Å². The van der Waals surface area contributed by atoms with Gasteiger partial charge in [-0.05, 0) is 38.0 Å². The van der Waals surface area contributed by atoms with E-state index in [0.29, 0.717) is 16.7 Å². The Labute approximate surface area is 147 Å². The molecule has 0 aromatic carbocycles. The number of hydrogen-bond acceptors (Lipinski definition) is 5. The molecule has 126 valence electrons. The van der Waals surface area contributed by atoms with E-state index < -0.39 is 0 Å². The second-order valence-corrected chi connectivity index (χ2v) is 7.36. The highest BCUT2D eigenvalue weighted by atomic mass is 32.1. The average Bonchev–Trinajstić information content (AvgIpc) is 2.86. The molecule has 0 bridgehead atoms. The monoisotopic (exact) mass is 352 g/mol. The molecule has 6 nitrogen and oxygen atoms in total. The maximum atomic E-state index is 12.8. The number of rotatable bonds is 2. The van der Waals surface area contributed by atoms with E-state index in [1.54, 1.807) is 12.3 Å². The number of thiophene rings is 1. The third kappa shape index (κ3) is 2.56. The molecule has 0 N–H and O–H groups in total. The Bertz CT molecular complexity index is 1250. The van der Waals surface area contributed by atoms with Gasteiger partial charge >= 0.3 is 0 Å². The normalized spacial score (nSPS) is 11.5. The van der Waals surface area contributed by atoms with Crippen LogP contribution in [0.2, 0.25) is 0 Å². The van der Waals surface area contributed by atoms with Crippen molar-refractivity contribution < 1.29 is 0 Å². The van der Waals surface area contributed by atoms with Crippen molar-refractivity contribution in [3.8, 4) is 0 Å². The van der Waals surface area contributed by atoms with Crippen molar-refractivity contribution in [1.29, 1.82) is 0 Å². The van der Waals surface area contributed by atoms with Crippen LogP contribution in [0.4, 0.5) is 0 Å². The Morgan fingerprint density at radius 3 is 2.76 bits per heavy atom. The molecular weight excluding hydrogens is 336 g/mol. The number of pyridine rings is 1. The summed E-state index contributed by atoms with van der Waals surface area (Å²) in [7, 11) is 0. The van der Waals surface area contributed by atoms with Gasteiger partial charge in [0.05, 0.1) is 24.0 Å². The van der Waals surface area contributed by atoms with Gasteiger partial charge in [0, 0.05) is 17.1 Å². The zero-order valence-electron chi connectivity index (χ0n) is 14.1. The maximum absolute atomic E-state index is 12.8. The Morgan fingerprint density at radius 1 is 1.16 bits per heavy atom. The van der Waals surface area contributed by atoms with E-state index in [9.17, 15) is 9.59 Å². The molecular formula is C18H16N4O2S. The molecule has 4 aromatic rings. The third-order valence-corrected chi connectivity index (χ3v) is 5.46. The van der Waals surface area contributed by atoms with Crippen LogP contribution in [-0.2, 0) is 6.54 Å². The molecule has 0 radical (unpaired) electrons. The molecule has 4 heterocycles. The summed E-state index contributed by atoms with van der Waals surface area (Å²) in [4.78, 5) is 35.8. The zero-order chi connectivity index (χ0) is 17.7. The SMILES string of the molecule is Cc1ccc2nc(Cn3cnc4sc(C)c(C)c4c3=O)cc(=O)n2c1. The fourth-order valence-electron chi connectivity index (χ4n) is 2.90. The van der Waals surface area contributed by atoms with E-state index in [0.717, 1.165) is 20.8 Å². The molecule has 0 aliphatic carbocycles. The lowest BCUT2D eigenvalue weighted by Crippen LogP contribution is -2.23. The van der Waals surface area contributed by atoms with E-state index in [1.165, 1.54) is 32.7 Å². The number of nitrogens with zero attached hydrogens (tertiary/aromatic N) is 4. The molecule has 7 heteroatoms. The van der Waals surface area contributed by atoms with Crippen LogP contribution >= 0.6 is 11.3 Å². The van der Waals surface area contributed by atoms with Gasteiger partial charge in [0.25, 0.3) is 11.1 Å². The van der Waals surface area contributed by atoms with Gasteiger partial charge in [-0.3, -0.25) is 18.6 Å². The van der Waals surface area contributed by atoms with Gasteiger partial charge < -0.3 is 0 Å². The second-order valence-electron chi connectivity index (χ2n) is 6.16. The lowest BCUT2D eigenvalue weighted by atomic mass is 10.2. The Kier molecular flexibility index (Phi) is 3.54. The minimum absolute atomic E-state index is 0.0993. The predicted octanol–water partition coefficient (Wildman–Crippen LogP) is 2.44. The summed E-state index contributed by atoms with van der Waals surface area (Å²) in [6, 6.07) is 5.18. The fourth-order valence-corrected chi connectivity index (χ4v) is 3.88. The van der Waals surface area contributed by atoms with Crippen LogP contribution in [0.1, 0.15) is 21.7 Å². The molecule has 4 aromatic heterocycles. The zero-order valence-corrected chi connectivity index (χ0v) is 14.9. The molecule has 0 saturated carbocycles. The van der Waals surface area contributed by atoms with Gasteiger partial charge in [-0.15, -0.1) is 11.3 Å². The van der Waals surface area contributed by atoms with E-state index >= 15 is 0 Å². The highest BCUT2D eigenvalue weighted by molar-refractivity contribution is 7.18. The molecule has 0 aliphatic rings. The van der Waals surface area contributed by atoms with Crippen LogP contribution in [-0.4, -0.2) is 18.9 Å². The first-order valence-electron chi connectivity index (χ1n) is 7.88. The third-order valence-electron chi connectivity index (χ3n) is 4.35. The van der Waals surface area contributed by atoms with E-state index in [1.807, 2.05) is 26.8 Å². The molecule has 0 amide bonds. The fraction of sp³-hybridized carbons (Fsp3) is 0.222. The number of aromatic nitrogens is 4. The van der Waals surface area contributed by atoms with Gasteiger partial charge in [0.1, 0.15) is 10.5 Å². The average molecular weight is 352 g/mol. The van der Waals surface area contributed by atoms with Gasteiger partial charge in [0.15, 0.2) is 0 Å². The summed E-state index contributed by atoms with van der Waals surface area (Å²) < 4.78 is 3.02. The first-order valence-corrected chi connectivity index (χ1v) is 8.70. The van der Waals surface area contributed by atoms with Crippen LogP contribution < -0.4 is 11.1 Å². The topological polar surface area (TPSA) is 69.3 Å². The molecule has 25 heavy (non-hydrogen) atoms. The van der Waals surface area contributed by atoms with E-state index in [-0.39, 0.29) is 17.7 Å². The Morgan fingerprint density at radius 2 is 1.96 bits per heavy atom. The summed E-state index contributed by atoms with van der Waals surface area (Å²) >= 11 is 1.52. The molecule has 0 spiro atoms. The van der Waals surface area contributed by atoms with Crippen LogP contribution in [0.25, 0.3) is 15.9 Å². The Balaban J connectivity index is 1.84. The van der Waals surface area contributed by atoms with Crippen molar-refractivity contribution in [2.24, 2.45) is 0 Å². The van der Waals surface area contributed by atoms with Crippen molar-refractivity contribution in [2.45, 2.75) is 27.3 Å². The predicted molar refractivity (Wildman–Crippen MR) is 98.7 cm³/mol. The molecule has 0 fully saturated rings. The quantitative estimate of drug-likeness (QED) is 0.556. The standard InChI is InChI=1S/C18H16N4O2S/c1-10-4-5-14-20-13(6-15(23)22(14)7-10)8-21-9-19-17-16(18(21)24)11(2)12(3)25-17/h4-7,9H,8H2,1-3H3. The molecule has 0 unspecified atom stereocenters. The van der Waals surface area contributed by atoms with Crippen LogP contribution in [0.5, 0.6) is 0 Å². The van der Waals surface area contributed by atoms with Gasteiger partial charge in [-0.1, -0.05) is 6.07 Å². The summed E-state index contributed by atoms with van der Waals surface area (Å²) in [5.74, 6) is 0. The van der Waals surface area contributed by atoms with E-state index in [2.05, 4.69) is 9.97 Å². The van der Waals surface area contributed by atoms with Crippen LogP contribution in [0, 0.1) is 20.8 Å². The van der Waals surface area contributed by atoms with Gasteiger partial charge in [0.2, 0.25) is 0 Å². The van der Waals surface area contributed by atoms with E-state index in [4.69, 9.17) is 0 Å². The van der Waals surface area contributed by atoms with Crippen LogP contribution in [0.15, 0.2) is 40.3 Å². The molecule has 0 atom stereocenters. The molecule has 0 saturated heterocycles. The highest BCUT2D eigenvalue weighted by Gasteiger charge is 2.13. The van der Waals surface area contributed by atoms with Crippen molar-refractivity contribution >= 4 is 27.2 Å².